The molecule has 3 heteroatoms. The molecule has 0 aromatic heterocycles. The fraction of sp³-hybridized carbons (Fsp3) is 1.00. The van der Waals surface area contributed by atoms with Crippen molar-refractivity contribution in [3.8, 4) is 0 Å². The van der Waals surface area contributed by atoms with Gasteiger partial charge in [0.2, 0.25) is 0 Å². The van der Waals surface area contributed by atoms with Crippen LogP contribution in [-0.2, 0) is 4.84 Å². The summed E-state index contributed by atoms with van der Waals surface area (Å²) in [6.07, 6.45) is 0. The molecule has 0 amide bonds. The molecule has 1 atom stereocenters. The average Bonchev–Trinajstić information content (AvgIpc) is 2.14. The van der Waals surface area contributed by atoms with Crippen LogP contribution in [0.15, 0.2) is 0 Å². The summed E-state index contributed by atoms with van der Waals surface area (Å²) in [6.45, 7) is 1.72. The Morgan fingerprint density at radius 1 is 1.86 bits per heavy atom. The Labute approximate surface area is 43.0 Å². The van der Waals surface area contributed by atoms with E-state index in [0.717, 1.165) is 13.2 Å². The van der Waals surface area contributed by atoms with Crippen LogP contribution in [0.25, 0.3) is 0 Å². The number of hydrogen-bond donors (Lipinski definition) is 2. The van der Waals surface area contributed by atoms with E-state index in [0.29, 0.717) is 6.04 Å². The zero-order valence-electron chi connectivity index (χ0n) is 4.40. The molecule has 0 radical (unpaired) electrons. The first-order valence-electron chi connectivity index (χ1n) is 2.45. The lowest BCUT2D eigenvalue weighted by Gasteiger charge is -1.99. The zero-order valence-corrected chi connectivity index (χ0v) is 4.40. The Hall–Kier alpha value is -0.120. The molecule has 0 bridgehead atoms. The largest absolute Gasteiger partial charge is 0.314 e. The summed E-state index contributed by atoms with van der Waals surface area (Å²) in [5, 5.41) is 3.08. The molecule has 1 aliphatic heterocycles. The van der Waals surface area contributed by atoms with Crippen LogP contribution in [0.3, 0.4) is 0 Å². The van der Waals surface area contributed by atoms with Gasteiger partial charge in [-0.1, -0.05) is 0 Å². The highest BCUT2D eigenvalue weighted by Crippen LogP contribution is 1.87. The minimum atomic E-state index is 0.514. The van der Waals surface area contributed by atoms with Crippen LogP contribution < -0.4 is 10.8 Å². The first kappa shape index (κ1) is 5.03. The third-order valence-electron chi connectivity index (χ3n) is 1.12. The van der Waals surface area contributed by atoms with Gasteiger partial charge >= 0.3 is 0 Å². The summed E-state index contributed by atoms with van der Waals surface area (Å²) in [4.78, 5) is 4.84. The van der Waals surface area contributed by atoms with Gasteiger partial charge in [-0.25, -0.2) is 5.48 Å². The molecule has 42 valence electrons. The van der Waals surface area contributed by atoms with Crippen molar-refractivity contribution in [2.75, 3.05) is 20.2 Å². The van der Waals surface area contributed by atoms with Crippen molar-refractivity contribution < 1.29 is 4.84 Å². The lowest BCUT2D eigenvalue weighted by Crippen LogP contribution is -2.29. The van der Waals surface area contributed by atoms with Gasteiger partial charge in [-0.05, 0) is 7.05 Å². The van der Waals surface area contributed by atoms with E-state index in [4.69, 9.17) is 4.84 Å². The van der Waals surface area contributed by atoms with Crippen LogP contribution in [-0.4, -0.2) is 26.2 Å². The van der Waals surface area contributed by atoms with Crippen molar-refractivity contribution in [2.45, 2.75) is 6.04 Å². The highest BCUT2D eigenvalue weighted by Gasteiger charge is 2.10. The topological polar surface area (TPSA) is 33.3 Å². The lowest BCUT2D eigenvalue weighted by molar-refractivity contribution is 0.0996. The van der Waals surface area contributed by atoms with Crippen molar-refractivity contribution in [1.82, 2.24) is 10.8 Å². The molecule has 0 aliphatic carbocycles. The Kier molecular flexibility index (Phi) is 1.62. The predicted molar refractivity (Wildman–Crippen MR) is 26.8 cm³/mol. The molecule has 3 nitrogen and oxygen atoms in total. The second-order valence-corrected chi connectivity index (χ2v) is 1.65. The van der Waals surface area contributed by atoms with Gasteiger partial charge in [-0.3, -0.25) is 0 Å². The third-order valence-corrected chi connectivity index (χ3v) is 1.12. The molecule has 2 N–H and O–H groups in total. The summed E-state index contributed by atoms with van der Waals surface area (Å²) >= 11 is 0. The average molecular weight is 102 g/mol. The Bertz CT molecular complexity index is 51.7. The predicted octanol–water partition coefficient (Wildman–Crippen LogP) is -0.891. The maximum absolute atomic E-state index is 4.84. The summed E-state index contributed by atoms with van der Waals surface area (Å²) in [5.74, 6) is 0. The van der Waals surface area contributed by atoms with Crippen LogP contribution >= 0.6 is 0 Å². The van der Waals surface area contributed by atoms with E-state index >= 15 is 0 Å². The van der Waals surface area contributed by atoms with Crippen LogP contribution in [0.5, 0.6) is 0 Å². The van der Waals surface area contributed by atoms with E-state index < -0.39 is 0 Å². The second-order valence-electron chi connectivity index (χ2n) is 1.65. The molecule has 0 aromatic rings. The number of nitrogens with one attached hydrogen (secondary N) is 2. The molecular weight excluding hydrogens is 92.1 g/mol. The van der Waals surface area contributed by atoms with E-state index in [1.54, 1.807) is 0 Å². The number of hydroxylamine groups is 1. The first-order chi connectivity index (χ1) is 3.43. The first-order valence-corrected chi connectivity index (χ1v) is 2.45. The SMILES string of the molecule is CNC1CNOC1. The molecule has 7 heavy (non-hydrogen) atoms. The van der Waals surface area contributed by atoms with Gasteiger partial charge in [-0.2, -0.15) is 0 Å². The molecule has 0 saturated carbocycles. The monoisotopic (exact) mass is 102 g/mol. The highest BCUT2D eigenvalue weighted by atomic mass is 16.7. The van der Waals surface area contributed by atoms with Crippen LogP contribution in [0.4, 0.5) is 0 Å². The Morgan fingerprint density at radius 2 is 2.71 bits per heavy atom. The van der Waals surface area contributed by atoms with Crippen LogP contribution in [0.1, 0.15) is 0 Å². The fourth-order valence-corrected chi connectivity index (χ4v) is 0.563. The smallest absolute Gasteiger partial charge is 0.0848 e. The van der Waals surface area contributed by atoms with Crippen molar-refractivity contribution in [2.24, 2.45) is 0 Å². The van der Waals surface area contributed by atoms with Crippen LogP contribution in [0, 0.1) is 0 Å². The minimum Gasteiger partial charge on any atom is -0.314 e. The number of rotatable bonds is 1. The van der Waals surface area contributed by atoms with Gasteiger partial charge < -0.3 is 10.2 Å². The molecule has 1 rings (SSSR count). The minimum absolute atomic E-state index is 0.514. The van der Waals surface area contributed by atoms with E-state index in [1.807, 2.05) is 7.05 Å². The van der Waals surface area contributed by atoms with E-state index in [1.165, 1.54) is 0 Å². The molecule has 0 aromatic carbocycles. The van der Waals surface area contributed by atoms with Gasteiger partial charge in [0.25, 0.3) is 0 Å². The summed E-state index contributed by atoms with van der Waals surface area (Å²) in [6, 6.07) is 0.514. The van der Waals surface area contributed by atoms with Crippen molar-refractivity contribution in [3.63, 3.8) is 0 Å². The Morgan fingerprint density at radius 3 is 3.00 bits per heavy atom. The molecule has 1 aliphatic rings. The summed E-state index contributed by atoms with van der Waals surface area (Å²) < 4.78 is 0. The maximum Gasteiger partial charge on any atom is 0.0848 e. The Balaban J connectivity index is 2.14. The second kappa shape index (κ2) is 2.26. The standard InChI is InChI=1S/C4H10N2O/c1-5-4-2-6-7-3-4/h4-6H,2-3H2,1H3. The molecule has 1 unspecified atom stereocenters. The number of likely N-dealkylation sites (N-methyl/N-ethyl adjacent to an activating group) is 1. The zero-order chi connectivity index (χ0) is 5.11. The molecular formula is C4H10N2O. The van der Waals surface area contributed by atoms with Crippen molar-refractivity contribution >= 4 is 0 Å². The summed E-state index contributed by atoms with van der Waals surface area (Å²) in [5.41, 5.74) is 2.76. The molecule has 1 saturated heterocycles. The van der Waals surface area contributed by atoms with Gasteiger partial charge in [0.1, 0.15) is 0 Å². The quantitative estimate of drug-likeness (QED) is 0.450. The third kappa shape index (κ3) is 1.12. The van der Waals surface area contributed by atoms with Crippen molar-refractivity contribution in [1.29, 1.82) is 0 Å². The number of hydrogen-bond acceptors (Lipinski definition) is 3. The summed E-state index contributed by atoms with van der Waals surface area (Å²) in [7, 11) is 1.93. The molecule has 0 spiro atoms. The van der Waals surface area contributed by atoms with E-state index in [2.05, 4.69) is 10.8 Å². The lowest BCUT2D eigenvalue weighted by atomic mass is 10.3. The van der Waals surface area contributed by atoms with E-state index in [-0.39, 0.29) is 0 Å². The van der Waals surface area contributed by atoms with Gasteiger partial charge in [-0.15, -0.1) is 0 Å². The highest BCUT2D eigenvalue weighted by molar-refractivity contribution is 4.67. The fourth-order valence-electron chi connectivity index (χ4n) is 0.563. The molecule has 1 fully saturated rings. The maximum atomic E-state index is 4.84. The van der Waals surface area contributed by atoms with Gasteiger partial charge in [0.15, 0.2) is 0 Å². The van der Waals surface area contributed by atoms with Gasteiger partial charge in [0, 0.05) is 12.6 Å². The van der Waals surface area contributed by atoms with E-state index in [9.17, 15) is 0 Å². The van der Waals surface area contributed by atoms with Crippen LogP contribution in [0.2, 0.25) is 0 Å². The van der Waals surface area contributed by atoms with Gasteiger partial charge in [0.05, 0.1) is 6.61 Å². The van der Waals surface area contributed by atoms with Crippen molar-refractivity contribution in [3.05, 3.63) is 0 Å². The molecule has 1 heterocycles. The normalized spacial score (nSPS) is 31.3.